The minimum Gasteiger partial charge on any atom is -0.336 e. The lowest BCUT2D eigenvalue weighted by Crippen LogP contribution is -2.17. The number of carbonyl (C=O) groups excluding carboxylic acids is 1. The third kappa shape index (κ3) is 4.49. The maximum absolute atomic E-state index is 12.0. The van der Waals surface area contributed by atoms with Crippen LogP contribution in [0.15, 0.2) is 29.4 Å². The van der Waals surface area contributed by atoms with E-state index < -0.39 is 0 Å². The molecule has 0 fully saturated rings. The molecule has 0 bridgehead atoms. The predicted octanol–water partition coefficient (Wildman–Crippen LogP) is 2.37. The van der Waals surface area contributed by atoms with Crippen molar-refractivity contribution in [3.8, 4) is 0 Å². The van der Waals surface area contributed by atoms with E-state index in [0.29, 0.717) is 5.16 Å². The first kappa shape index (κ1) is 16.4. The number of nitrogens with one attached hydrogen (secondary N) is 1. The van der Waals surface area contributed by atoms with Gasteiger partial charge in [0.05, 0.1) is 5.75 Å². The third-order valence-corrected chi connectivity index (χ3v) is 4.07. The van der Waals surface area contributed by atoms with Crippen LogP contribution in [0.25, 0.3) is 0 Å². The molecule has 22 heavy (non-hydrogen) atoms. The molecule has 0 radical (unpaired) electrons. The topological polar surface area (TPSA) is 85.8 Å². The Bertz CT molecular complexity index is 641. The lowest BCUT2D eigenvalue weighted by atomic mass is 10.2. The molecule has 2 rings (SSSR count). The second kappa shape index (κ2) is 7.84. The van der Waals surface area contributed by atoms with Crippen LogP contribution < -0.4 is 11.2 Å². The molecule has 0 aliphatic rings. The van der Waals surface area contributed by atoms with Crippen molar-refractivity contribution in [3.63, 3.8) is 0 Å². The van der Waals surface area contributed by atoms with E-state index in [1.807, 2.05) is 31.2 Å². The molecule has 0 spiro atoms. The quantitative estimate of drug-likeness (QED) is 0.604. The van der Waals surface area contributed by atoms with Gasteiger partial charge in [-0.05, 0) is 31.0 Å². The zero-order valence-electron chi connectivity index (χ0n) is 12.9. The molecule has 1 heterocycles. The van der Waals surface area contributed by atoms with Crippen LogP contribution in [0, 0.1) is 6.92 Å². The van der Waals surface area contributed by atoms with Gasteiger partial charge in [-0.15, -0.1) is 10.2 Å². The van der Waals surface area contributed by atoms with Gasteiger partial charge in [0.25, 0.3) is 0 Å². The van der Waals surface area contributed by atoms with E-state index in [0.717, 1.165) is 36.3 Å². The third-order valence-electron chi connectivity index (χ3n) is 3.12. The number of rotatable bonds is 7. The molecule has 1 aromatic carbocycles. The monoisotopic (exact) mass is 319 g/mol. The minimum absolute atomic E-state index is 0.0892. The average molecular weight is 319 g/mol. The van der Waals surface area contributed by atoms with E-state index in [-0.39, 0.29) is 11.7 Å². The number of aromatic nitrogens is 3. The van der Waals surface area contributed by atoms with Gasteiger partial charge in [-0.2, -0.15) is 0 Å². The van der Waals surface area contributed by atoms with E-state index in [1.54, 1.807) is 0 Å². The summed E-state index contributed by atoms with van der Waals surface area (Å²) in [6, 6.07) is 7.69. The number of carbonyl (C=O) groups is 1. The van der Waals surface area contributed by atoms with Crippen LogP contribution >= 0.6 is 11.8 Å². The molecule has 2 aromatic rings. The highest BCUT2D eigenvalue weighted by molar-refractivity contribution is 7.99. The Kier molecular flexibility index (Phi) is 5.83. The molecule has 1 amide bonds. The molecule has 0 aliphatic heterocycles. The summed E-state index contributed by atoms with van der Waals surface area (Å²) in [5, 5.41) is 11.5. The minimum atomic E-state index is -0.0892. The Hall–Kier alpha value is -2.02. The molecular weight excluding hydrogens is 298 g/mol. The summed E-state index contributed by atoms with van der Waals surface area (Å²) in [7, 11) is 0. The summed E-state index contributed by atoms with van der Waals surface area (Å²) >= 11 is 1.29. The Morgan fingerprint density at radius 2 is 2.23 bits per heavy atom. The largest absolute Gasteiger partial charge is 0.336 e. The van der Waals surface area contributed by atoms with Gasteiger partial charge < -0.3 is 11.2 Å². The fourth-order valence-corrected chi connectivity index (χ4v) is 2.64. The maximum atomic E-state index is 12.0. The number of aryl methyl sites for hydroxylation is 2. The second-order valence-corrected chi connectivity index (χ2v) is 6.02. The Morgan fingerprint density at radius 3 is 2.95 bits per heavy atom. The fraction of sp³-hybridized carbons (Fsp3) is 0.400. The number of benzene rings is 1. The van der Waals surface area contributed by atoms with Gasteiger partial charge in [-0.1, -0.05) is 37.2 Å². The standard InChI is InChI=1S/C15H21N5OS/c1-3-4-8-13-18-19-15(20(13)16)22-10-14(21)17-12-7-5-6-11(2)9-12/h5-7,9H,3-4,8,10,16H2,1-2H3,(H,17,21). The zero-order chi connectivity index (χ0) is 15.9. The Balaban J connectivity index is 1.87. The van der Waals surface area contributed by atoms with Gasteiger partial charge >= 0.3 is 0 Å². The maximum Gasteiger partial charge on any atom is 0.234 e. The van der Waals surface area contributed by atoms with Crippen LogP contribution in [0.1, 0.15) is 31.2 Å². The molecule has 118 valence electrons. The molecule has 0 saturated carbocycles. The molecule has 3 N–H and O–H groups in total. The summed E-state index contributed by atoms with van der Waals surface area (Å²) in [6.45, 7) is 4.10. The number of nitrogens with zero attached hydrogens (tertiary/aromatic N) is 3. The van der Waals surface area contributed by atoms with Gasteiger partial charge in [0.2, 0.25) is 11.1 Å². The first-order chi connectivity index (χ1) is 10.6. The van der Waals surface area contributed by atoms with Crippen molar-refractivity contribution in [2.24, 2.45) is 0 Å². The average Bonchev–Trinajstić information content (AvgIpc) is 2.83. The summed E-state index contributed by atoms with van der Waals surface area (Å²) < 4.78 is 1.47. The van der Waals surface area contributed by atoms with E-state index in [2.05, 4.69) is 22.4 Å². The molecule has 1 aromatic heterocycles. The molecular formula is C15H21N5OS. The van der Waals surface area contributed by atoms with Crippen molar-refractivity contribution in [1.29, 1.82) is 0 Å². The highest BCUT2D eigenvalue weighted by Crippen LogP contribution is 2.16. The number of nitrogens with two attached hydrogens (primary N) is 1. The summed E-state index contributed by atoms with van der Waals surface area (Å²) in [5.74, 6) is 6.85. The van der Waals surface area contributed by atoms with Crippen LogP contribution in [0.4, 0.5) is 5.69 Å². The number of thioether (sulfide) groups is 1. The molecule has 0 unspecified atom stereocenters. The summed E-state index contributed by atoms with van der Waals surface area (Å²) in [4.78, 5) is 12.0. The van der Waals surface area contributed by atoms with Gasteiger partial charge in [0, 0.05) is 12.1 Å². The van der Waals surface area contributed by atoms with Gasteiger partial charge in [-0.25, -0.2) is 4.68 Å². The SMILES string of the molecule is CCCCc1nnc(SCC(=O)Nc2cccc(C)c2)n1N. The first-order valence-electron chi connectivity index (χ1n) is 7.29. The lowest BCUT2D eigenvalue weighted by molar-refractivity contribution is -0.113. The normalized spacial score (nSPS) is 10.6. The number of hydrogen-bond acceptors (Lipinski definition) is 5. The zero-order valence-corrected chi connectivity index (χ0v) is 13.7. The van der Waals surface area contributed by atoms with E-state index in [4.69, 9.17) is 5.84 Å². The lowest BCUT2D eigenvalue weighted by Gasteiger charge is -2.06. The van der Waals surface area contributed by atoms with Crippen molar-refractivity contribution >= 4 is 23.4 Å². The van der Waals surface area contributed by atoms with Crippen LogP contribution in [-0.4, -0.2) is 26.5 Å². The Labute approximate surface area is 134 Å². The number of unbranched alkanes of at least 4 members (excludes halogenated alkanes) is 1. The summed E-state index contributed by atoms with van der Waals surface area (Å²) in [6.07, 6.45) is 2.90. The van der Waals surface area contributed by atoms with Crippen molar-refractivity contribution in [3.05, 3.63) is 35.7 Å². The van der Waals surface area contributed by atoms with E-state index in [1.165, 1.54) is 16.4 Å². The molecule has 0 saturated heterocycles. The van der Waals surface area contributed by atoms with Gasteiger partial charge in [-0.3, -0.25) is 4.79 Å². The summed E-state index contributed by atoms with van der Waals surface area (Å²) in [5.41, 5.74) is 1.90. The smallest absolute Gasteiger partial charge is 0.234 e. The van der Waals surface area contributed by atoms with Crippen LogP contribution in [-0.2, 0) is 11.2 Å². The predicted molar refractivity (Wildman–Crippen MR) is 89.3 cm³/mol. The number of amides is 1. The van der Waals surface area contributed by atoms with Crippen molar-refractivity contribution in [2.75, 3.05) is 16.9 Å². The first-order valence-corrected chi connectivity index (χ1v) is 8.27. The molecule has 7 heteroatoms. The fourth-order valence-electron chi connectivity index (χ4n) is 1.96. The molecule has 0 atom stereocenters. The second-order valence-electron chi connectivity index (χ2n) is 5.08. The van der Waals surface area contributed by atoms with Crippen LogP contribution in [0.5, 0.6) is 0 Å². The molecule has 6 nitrogen and oxygen atoms in total. The number of nitrogen functional groups attached to an aromatic ring is 1. The van der Waals surface area contributed by atoms with Crippen LogP contribution in [0.2, 0.25) is 0 Å². The van der Waals surface area contributed by atoms with E-state index >= 15 is 0 Å². The van der Waals surface area contributed by atoms with Crippen molar-refractivity contribution in [2.45, 2.75) is 38.3 Å². The number of anilines is 1. The number of hydrogen-bond donors (Lipinski definition) is 2. The van der Waals surface area contributed by atoms with Crippen molar-refractivity contribution in [1.82, 2.24) is 14.9 Å². The van der Waals surface area contributed by atoms with Crippen molar-refractivity contribution < 1.29 is 4.79 Å². The van der Waals surface area contributed by atoms with E-state index in [9.17, 15) is 4.79 Å². The van der Waals surface area contributed by atoms with Gasteiger partial charge in [0.1, 0.15) is 0 Å². The highest BCUT2D eigenvalue weighted by Gasteiger charge is 2.12. The van der Waals surface area contributed by atoms with Gasteiger partial charge in [0.15, 0.2) is 5.82 Å². The highest BCUT2D eigenvalue weighted by atomic mass is 32.2. The Morgan fingerprint density at radius 1 is 1.41 bits per heavy atom. The van der Waals surface area contributed by atoms with Crippen LogP contribution in [0.3, 0.4) is 0 Å². The molecule has 0 aliphatic carbocycles.